The summed E-state index contributed by atoms with van der Waals surface area (Å²) in [5.74, 6) is 0.396. The zero-order valence-corrected chi connectivity index (χ0v) is 11.5. The molecule has 0 spiro atoms. The lowest BCUT2D eigenvalue weighted by molar-refractivity contribution is 0.0891. The molecule has 2 nitrogen and oxygen atoms in total. The van der Waals surface area contributed by atoms with Crippen LogP contribution in [0.3, 0.4) is 0 Å². The van der Waals surface area contributed by atoms with Gasteiger partial charge in [0, 0.05) is 18.0 Å². The average Bonchev–Trinajstić information content (AvgIpc) is 2.23. The molecule has 1 atom stereocenters. The number of hydrogen-bond acceptors (Lipinski definition) is 2. The minimum absolute atomic E-state index is 0.0733. The Balaban J connectivity index is 3.16. The van der Waals surface area contributed by atoms with Crippen LogP contribution >= 0.6 is 0 Å². The Morgan fingerprint density at radius 2 is 1.65 bits per heavy atom. The lowest BCUT2D eigenvalue weighted by atomic mass is 9.85. The number of carbonyl (C=O) groups is 1. The van der Waals surface area contributed by atoms with E-state index < -0.39 is 0 Å². The second-order valence-electron chi connectivity index (χ2n) is 5.20. The van der Waals surface area contributed by atoms with E-state index in [1.165, 1.54) is 11.1 Å². The first-order chi connectivity index (χ1) is 7.88. The van der Waals surface area contributed by atoms with E-state index >= 15 is 0 Å². The predicted octanol–water partition coefficient (Wildman–Crippen LogP) is 3.03. The van der Waals surface area contributed by atoms with Crippen molar-refractivity contribution in [2.45, 2.75) is 34.6 Å². The Labute approximate surface area is 104 Å². The van der Waals surface area contributed by atoms with Gasteiger partial charge >= 0.3 is 0 Å². The van der Waals surface area contributed by atoms with E-state index in [-0.39, 0.29) is 17.6 Å². The number of ketones is 1. The van der Waals surface area contributed by atoms with Crippen LogP contribution in [-0.4, -0.2) is 12.3 Å². The van der Waals surface area contributed by atoms with Gasteiger partial charge in [0.15, 0.2) is 5.78 Å². The Morgan fingerprint density at radius 1 is 1.12 bits per heavy atom. The van der Waals surface area contributed by atoms with Gasteiger partial charge in [-0.25, -0.2) is 0 Å². The van der Waals surface area contributed by atoms with E-state index in [1.807, 2.05) is 33.8 Å². The van der Waals surface area contributed by atoms with E-state index in [1.54, 1.807) is 0 Å². The summed E-state index contributed by atoms with van der Waals surface area (Å²) in [7, 11) is 0. The van der Waals surface area contributed by atoms with Crippen LogP contribution in [0, 0.1) is 32.6 Å². The highest BCUT2D eigenvalue weighted by Gasteiger charge is 2.23. The highest BCUT2D eigenvalue weighted by molar-refractivity contribution is 5.99. The molecule has 1 aromatic rings. The lowest BCUT2D eigenvalue weighted by Gasteiger charge is -2.19. The SMILES string of the molecule is Cc1cc(C)c(C(=O)C(CN)C(C)C)cc1C. The fraction of sp³-hybridized carbons (Fsp3) is 0.533. The van der Waals surface area contributed by atoms with Crippen LogP contribution < -0.4 is 5.73 Å². The maximum atomic E-state index is 12.4. The van der Waals surface area contributed by atoms with Crippen molar-refractivity contribution in [2.75, 3.05) is 6.54 Å². The molecule has 94 valence electrons. The molecule has 2 heteroatoms. The number of nitrogens with two attached hydrogens (primary N) is 1. The second-order valence-corrected chi connectivity index (χ2v) is 5.20. The molecule has 17 heavy (non-hydrogen) atoms. The van der Waals surface area contributed by atoms with Crippen LogP contribution in [-0.2, 0) is 0 Å². The molecule has 0 amide bonds. The van der Waals surface area contributed by atoms with E-state index in [0.717, 1.165) is 11.1 Å². The maximum absolute atomic E-state index is 12.4. The fourth-order valence-electron chi connectivity index (χ4n) is 2.11. The van der Waals surface area contributed by atoms with Crippen LogP contribution in [0.2, 0.25) is 0 Å². The Bertz CT molecular complexity index is 421. The minimum Gasteiger partial charge on any atom is -0.330 e. The highest BCUT2D eigenvalue weighted by Crippen LogP contribution is 2.21. The van der Waals surface area contributed by atoms with Crippen molar-refractivity contribution in [3.05, 3.63) is 34.4 Å². The summed E-state index contributed by atoms with van der Waals surface area (Å²) >= 11 is 0. The molecule has 0 saturated heterocycles. The molecule has 0 bridgehead atoms. The first-order valence-electron chi connectivity index (χ1n) is 6.20. The predicted molar refractivity (Wildman–Crippen MR) is 72.4 cm³/mol. The summed E-state index contributed by atoms with van der Waals surface area (Å²) in [6.45, 7) is 10.6. The van der Waals surface area contributed by atoms with Gasteiger partial charge in [0.05, 0.1) is 0 Å². The van der Waals surface area contributed by atoms with Crippen molar-refractivity contribution >= 4 is 5.78 Å². The van der Waals surface area contributed by atoms with Gasteiger partial charge in [-0.05, 0) is 49.4 Å². The summed E-state index contributed by atoms with van der Waals surface area (Å²) in [6.07, 6.45) is 0. The van der Waals surface area contributed by atoms with Crippen molar-refractivity contribution in [1.82, 2.24) is 0 Å². The molecule has 1 aromatic carbocycles. The minimum atomic E-state index is -0.0733. The molecule has 0 radical (unpaired) electrons. The molecule has 1 unspecified atom stereocenters. The molecule has 0 aliphatic heterocycles. The molecule has 0 aliphatic rings. The standard InChI is InChI=1S/C15H23NO/c1-9(2)14(8-16)15(17)13-7-11(4)10(3)6-12(13)5/h6-7,9,14H,8,16H2,1-5H3. The molecule has 1 rings (SSSR count). The Kier molecular flexibility index (Phi) is 4.47. The maximum Gasteiger partial charge on any atom is 0.167 e. The number of Topliss-reactive ketones (excluding diaryl/α,β-unsaturated/α-hetero) is 1. The summed E-state index contributed by atoms with van der Waals surface area (Å²) in [4.78, 5) is 12.4. The van der Waals surface area contributed by atoms with E-state index in [2.05, 4.69) is 13.0 Å². The van der Waals surface area contributed by atoms with Gasteiger partial charge in [0.2, 0.25) is 0 Å². The molecular formula is C15H23NO. The fourth-order valence-corrected chi connectivity index (χ4v) is 2.11. The van der Waals surface area contributed by atoms with Gasteiger partial charge in [-0.15, -0.1) is 0 Å². The zero-order chi connectivity index (χ0) is 13.2. The average molecular weight is 233 g/mol. The van der Waals surface area contributed by atoms with E-state index in [9.17, 15) is 4.79 Å². The van der Waals surface area contributed by atoms with Crippen molar-refractivity contribution < 1.29 is 4.79 Å². The van der Waals surface area contributed by atoms with Gasteiger partial charge in [-0.2, -0.15) is 0 Å². The number of rotatable bonds is 4. The van der Waals surface area contributed by atoms with Crippen LogP contribution in [0.5, 0.6) is 0 Å². The second kappa shape index (κ2) is 5.46. The van der Waals surface area contributed by atoms with Crippen molar-refractivity contribution in [2.24, 2.45) is 17.6 Å². The summed E-state index contributed by atoms with van der Waals surface area (Å²) in [5.41, 5.74) is 9.99. The van der Waals surface area contributed by atoms with Crippen molar-refractivity contribution in [3.8, 4) is 0 Å². The van der Waals surface area contributed by atoms with Gasteiger partial charge in [-0.3, -0.25) is 4.79 Å². The van der Waals surface area contributed by atoms with E-state index in [0.29, 0.717) is 6.54 Å². The van der Waals surface area contributed by atoms with Crippen LogP contribution in [0.25, 0.3) is 0 Å². The molecule has 0 saturated carbocycles. The van der Waals surface area contributed by atoms with Gasteiger partial charge in [-0.1, -0.05) is 19.9 Å². The quantitative estimate of drug-likeness (QED) is 0.812. The largest absolute Gasteiger partial charge is 0.330 e. The molecule has 0 aliphatic carbocycles. The van der Waals surface area contributed by atoms with Crippen molar-refractivity contribution in [1.29, 1.82) is 0 Å². The van der Waals surface area contributed by atoms with Gasteiger partial charge < -0.3 is 5.73 Å². The van der Waals surface area contributed by atoms with Crippen molar-refractivity contribution in [3.63, 3.8) is 0 Å². The van der Waals surface area contributed by atoms with Crippen LogP contribution in [0.1, 0.15) is 40.9 Å². The first kappa shape index (κ1) is 13.9. The third-order valence-corrected chi connectivity index (χ3v) is 3.50. The van der Waals surface area contributed by atoms with Crippen LogP contribution in [0.15, 0.2) is 12.1 Å². The number of aryl methyl sites for hydroxylation is 3. The Morgan fingerprint density at radius 3 is 2.12 bits per heavy atom. The zero-order valence-electron chi connectivity index (χ0n) is 11.5. The topological polar surface area (TPSA) is 43.1 Å². The number of hydrogen-bond donors (Lipinski definition) is 1. The summed E-state index contributed by atoms with van der Waals surface area (Å²) in [6, 6.07) is 4.08. The molecular weight excluding hydrogens is 210 g/mol. The third-order valence-electron chi connectivity index (χ3n) is 3.50. The monoisotopic (exact) mass is 233 g/mol. The Hall–Kier alpha value is -1.15. The molecule has 0 fully saturated rings. The molecule has 0 aromatic heterocycles. The number of carbonyl (C=O) groups excluding carboxylic acids is 1. The third kappa shape index (κ3) is 2.95. The summed E-state index contributed by atoms with van der Waals surface area (Å²) in [5, 5.41) is 0. The number of benzene rings is 1. The van der Waals surface area contributed by atoms with Gasteiger partial charge in [0.1, 0.15) is 0 Å². The van der Waals surface area contributed by atoms with Gasteiger partial charge in [0.25, 0.3) is 0 Å². The smallest absolute Gasteiger partial charge is 0.167 e. The first-order valence-corrected chi connectivity index (χ1v) is 6.20. The molecule has 2 N–H and O–H groups in total. The highest BCUT2D eigenvalue weighted by atomic mass is 16.1. The lowest BCUT2D eigenvalue weighted by Crippen LogP contribution is -2.29. The normalized spacial score (nSPS) is 12.9. The van der Waals surface area contributed by atoms with Crippen LogP contribution in [0.4, 0.5) is 0 Å². The van der Waals surface area contributed by atoms with E-state index in [4.69, 9.17) is 5.73 Å². The summed E-state index contributed by atoms with van der Waals surface area (Å²) < 4.78 is 0. The molecule has 0 heterocycles.